The second-order valence-corrected chi connectivity index (χ2v) is 5.76. The number of carbonyl (C=O) groups excluding carboxylic acids is 1. The number of halogens is 1. The lowest BCUT2D eigenvalue weighted by Crippen LogP contribution is -2.44. The van der Waals surface area contributed by atoms with Gasteiger partial charge in [0.2, 0.25) is 6.10 Å². The van der Waals surface area contributed by atoms with Gasteiger partial charge in [0.25, 0.3) is 5.91 Å². The lowest BCUT2D eigenvalue weighted by atomic mass is 10.1. The number of nitrogens with one attached hydrogen (secondary N) is 1. The summed E-state index contributed by atoms with van der Waals surface area (Å²) in [6.45, 7) is 0.804. The molecular weight excluding hydrogens is 314 g/mol. The minimum Gasteiger partial charge on any atom is -0.485 e. The zero-order valence-electron chi connectivity index (χ0n) is 12.6. The number of rotatable bonds is 5. The first-order valence-electron chi connectivity index (χ1n) is 7.63. The zero-order valence-corrected chi connectivity index (χ0v) is 13.4. The van der Waals surface area contributed by atoms with Gasteiger partial charge in [-0.1, -0.05) is 41.9 Å². The van der Waals surface area contributed by atoms with Gasteiger partial charge in [-0.3, -0.25) is 4.79 Å². The fraction of sp³-hybridized carbons (Fsp3) is 0.278. The zero-order chi connectivity index (χ0) is 16.1. The Morgan fingerprint density at radius 3 is 2.70 bits per heavy atom. The van der Waals surface area contributed by atoms with Crippen molar-refractivity contribution >= 4 is 17.5 Å². The van der Waals surface area contributed by atoms with Crippen LogP contribution in [0.5, 0.6) is 11.5 Å². The van der Waals surface area contributed by atoms with Crippen LogP contribution < -0.4 is 14.8 Å². The summed E-state index contributed by atoms with van der Waals surface area (Å²) in [5, 5.41) is 3.65. The van der Waals surface area contributed by atoms with E-state index in [0.29, 0.717) is 18.0 Å². The molecule has 0 aromatic heterocycles. The maximum atomic E-state index is 12.1. The van der Waals surface area contributed by atoms with Crippen molar-refractivity contribution in [2.75, 3.05) is 13.2 Å². The largest absolute Gasteiger partial charge is 0.485 e. The maximum absolute atomic E-state index is 12.1. The molecule has 1 aliphatic rings. The van der Waals surface area contributed by atoms with Crippen molar-refractivity contribution in [3.63, 3.8) is 0 Å². The number of para-hydroxylation sites is 2. The number of carbonyl (C=O) groups is 1. The predicted molar refractivity (Wildman–Crippen MR) is 89.1 cm³/mol. The number of fused-ring (bicyclic) bond motifs is 1. The highest BCUT2D eigenvalue weighted by molar-refractivity contribution is 6.31. The summed E-state index contributed by atoms with van der Waals surface area (Å²) in [6.07, 6.45) is 1.04. The van der Waals surface area contributed by atoms with Gasteiger partial charge in [-0.05, 0) is 36.6 Å². The molecule has 1 heterocycles. The van der Waals surface area contributed by atoms with Crippen LogP contribution in [0.1, 0.15) is 12.0 Å². The van der Waals surface area contributed by atoms with Gasteiger partial charge in [0, 0.05) is 11.6 Å². The van der Waals surface area contributed by atoms with Gasteiger partial charge in [0.15, 0.2) is 11.5 Å². The highest BCUT2D eigenvalue weighted by Gasteiger charge is 2.26. The number of aryl methyl sites for hydroxylation is 1. The van der Waals surface area contributed by atoms with Gasteiger partial charge < -0.3 is 14.8 Å². The first kappa shape index (κ1) is 15.7. The molecule has 0 saturated heterocycles. The van der Waals surface area contributed by atoms with Gasteiger partial charge in [-0.15, -0.1) is 0 Å². The quantitative estimate of drug-likeness (QED) is 0.856. The SMILES string of the molecule is O=C(NCCCc1ccccc1Cl)C1COc2ccccc2O1. The molecule has 0 aliphatic carbocycles. The van der Waals surface area contributed by atoms with Crippen LogP contribution in [0, 0.1) is 0 Å². The van der Waals surface area contributed by atoms with Crippen LogP contribution in [-0.2, 0) is 11.2 Å². The minimum atomic E-state index is -0.606. The summed E-state index contributed by atoms with van der Waals surface area (Å²) in [4.78, 5) is 12.1. The standard InChI is InChI=1S/C18H18ClNO3/c19-14-8-2-1-6-13(14)7-5-11-20-18(21)17-12-22-15-9-3-4-10-16(15)23-17/h1-4,6,8-10,17H,5,7,11-12H2,(H,20,21). The molecule has 0 saturated carbocycles. The van der Waals surface area contributed by atoms with Crippen LogP contribution in [0.2, 0.25) is 5.02 Å². The Bertz CT molecular complexity index is 689. The Hall–Kier alpha value is -2.20. The van der Waals surface area contributed by atoms with Crippen molar-refractivity contribution in [3.8, 4) is 11.5 Å². The smallest absolute Gasteiger partial charge is 0.264 e. The normalized spacial score (nSPS) is 16.0. The van der Waals surface area contributed by atoms with E-state index in [-0.39, 0.29) is 12.5 Å². The Labute approximate surface area is 140 Å². The van der Waals surface area contributed by atoms with Crippen LogP contribution in [0.3, 0.4) is 0 Å². The number of hydrogen-bond donors (Lipinski definition) is 1. The monoisotopic (exact) mass is 331 g/mol. The highest BCUT2D eigenvalue weighted by atomic mass is 35.5. The van der Waals surface area contributed by atoms with E-state index in [1.54, 1.807) is 6.07 Å². The summed E-state index contributed by atoms with van der Waals surface area (Å²) in [7, 11) is 0. The molecule has 1 unspecified atom stereocenters. The van der Waals surface area contributed by atoms with E-state index in [1.165, 1.54) is 0 Å². The van der Waals surface area contributed by atoms with Gasteiger partial charge in [-0.25, -0.2) is 0 Å². The van der Waals surface area contributed by atoms with Crippen LogP contribution in [0.15, 0.2) is 48.5 Å². The third kappa shape index (κ3) is 3.96. The number of amides is 1. The van der Waals surface area contributed by atoms with Gasteiger partial charge in [0.1, 0.15) is 6.61 Å². The van der Waals surface area contributed by atoms with E-state index in [0.717, 1.165) is 23.4 Å². The first-order chi connectivity index (χ1) is 11.2. The Morgan fingerprint density at radius 1 is 1.13 bits per heavy atom. The Balaban J connectivity index is 1.45. The van der Waals surface area contributed by atoms with Crippen molar-refractivity contribution in [3.05, 3.63) is 59.1 Å². The predicted octanol–water partition coefficient (Wildman–Crippen LogP) is 3.23. The first-order valence-corrected chi connectivity index (χ1v) is 8.01. The molecule has 0 bridgehead atoms. The third-order valence-corrected chi connectivity index (χ3v) is 4.05. The fourth-order valence-corrected chi connectivity index (χ4v) is 2.68. The van der Waals surface area contributed by atoms with Crippen molar-refractivity contribution in [1.82, 2.24) is 5.32 Å². The van der Waals surface area contributed by atoms with Gasteiger partial charge in [0.05, 0.1) is 0 Å². The molecule has 1 aliphatic heterocycles. The Kier molecular flexibility index (Phi) is 5.03. The van der Waals surface area contributed by atoms with E-state index in [1.807, 2.05) is 42.5 Å². The molecule has 0 radical (unpaired) electrons. The molecule has 1 amide bonds. The van der Waals surface area contributed by atoms with E-state index >= 15 is 0 Å². The lowest BCUT2D eigenvalue weighted by Gasteiger charge is -2.25. The highest BCUT2D eigenvalue weighted by Crippen LogP contribution is 2.30. The van der Waals surface area contributed by atoms with Crippen molar-refractivity contribution in [1.29, 1.82) is 0 Å². The molecule has 23 heavy (non-hydrogen) atoms. The van der Waals surface area contributed by atoms with Crippen LogP contribution in [0.25, 0.3) is 0 Å². The van der Waals surface area contributed by atoms with Crippen LogP contribution in [0.4, 0.5) is 0 Å². The Morgan fingerprint density at radius 2 is 1.87 bits per heavy atom. The summed E-state index contributed by atoms with van der Waals surface area (Å²) in [6, 6.07) is 15.1. The lowest BCUT2D eigenvalue weighted by molar-refractivity contribution is -0.130. The molecule has 4 nitrogen and oxygen atoms in total. The topological polar surface area (TPSA) is 47.6 Å². The number of hydrogen-bond acceptors (Lipinski definition) is 3. The fourth-order valence-electron chi connectivity index (χ4n) is 2.45. The molecule has 0 fully saturated rings. The summed E-state index contributed by atoms with van der Waals surface area (Å²) in [5.41, 5.74) is 1.09. The van der Waals surface area contributed by atoms with Crippen molar-refractivity contribution < 1.29 is 14.3 Å². The third-order valence-electron chi connectivity index (χ3n) is 3.68. The average Bonchev–Trinajstić information content (AvgIpc) is 2.59. The summed E-state index contributed by atoms with van der Waals surface area (Å²) >= 11 is 6.11. The summed E-state index contributed by atoms with van der Waals surface area (Å²) in [5.74, 6) is 1.13. The minimum absolute atomic E-state index is 0.154. The van der Waals surface area contributed by atoms with E-state index in [2.05, 4.69) is 5.32 Å². The second kappa shape index (κ2) is 7.38. The molecular formula is C18H18ClNO3. The van der Waals surface area contributed by atoms with Gasteiger partial charge >= 0.3 is 0 Å². The average molecular weight is 332 g/mol. The second-order valence-electron chi connectivity index (χ2n) is 5.35. The van der Waals surface area contributed by atoms with E-state index in [9.17, 15) is 4.79 Å². The number of ether oxygens (including phenoxy) is 2. The molecule has 1 atom stereocenters. The van der Waals surface area contributed by atoms with Crippen LogP contribution >= 0.6 is 11.6 Å². The maximum Gasteiger partial charge on any atom is 0.264 e. The van der Waals surface area contributed by atoms with Crippen LogP contribution in [-0.4, -0.2) is 25.2 Å². The molecule has 120 valence electrons. The van der Waals surface area contributed by atoms with Crippen molar-refractivity contribution in [2.45, 2.75) is 18.9 Å². The van der Waals surface area contributed by atoms with E-state index in [4.69, 9.17) is 21.1 Å². The molecule has 2 aromatic carbocycles. The molecule has 2 aromatic rings. The van der Waals surface area contributed by atoms with E-state index < -0.39 is 6.10 Å². The summed E-state index contributed by atoms with van der Waals surface area (Å²) < 4.78 is 11.2. The molecule has 3 rings (SSSR count). The molecule has 1 N–H and O–H groups in total. The van der Waals surface area contributed by atoms with Gasteiger partial charge in [-0.2, -0.15) is 0 Å². The van der Waals surface area contributed by atoms with Crippen molar-refractivity contribution in [2.24, 2.45) is 0 Å². The molecule has 0 spiro atoms. The molecule has 5 heteroatoms. The number of benzene rings is 2.